The van der Waals surface area contributed by atoms with Gasteiger partial charge in [0.1, 0.15) is 18.5 Å². The lowest BCUT2D eigenvalue weighted by atomic mass is 9.88. The summed E-state index contributed by atoms with van der Waals surface area (Å²) in [7, 11) is -7.35. The molecule has 0 aromatic heterocycles. The fraction of sp³-hybridized carbons (Fsp3) is 0.471. The Morgan fingerprint density at radius 1 is 0.936 bits per heavy atom. The molecule has 2 aliphatic heterocycles. The first-order chi connectivity index (χ1) is 22.5. The van der Waals surface area contributed by atoms with Crippen LogP contribution in [0.25, 0.3) is 11.1 Å². The van der Waals surface area contributed by atoms with Crippen molar-refractivity contribution < 1.29 is 36.5 Å². The van der Waals surface area contributed by atoms with E-state index in [1.807, 2.05) is 30.3 Å². The molecule has 2 saturated heterocycles. The van der Waals surface area contributed by atoms with E-state index >= 15 is 0 Å². The summed E-state index contributed by atoms with van der Waals surface area (Å²) < 4.78 is 65.3. The third-order valence-electron chi connectivity index (χ3n) is 9.70. The van der Waals surface area contributed by atoms with Gasteiger partial charge < -0.3 is 30.7 Å². The van der Waals surface area contributed by atoms with Gasteiger partial charge in [-0.2, -0.15) is 4.31 Å². The average molecular weight is 686 g/mol. The van der Waals surface area contributed by atoms with Crippen molar-refractivity contribution in [2.24, 2.45) is 5.73 Å². The number of benzene rings is 3. The number of hydrogen-bond acceptors (Lipinski definition) is 10. The zero-order valence-electron chi connectivity index (χ0n) is 26.3. The summed E-state index contributed by atoms with van der Waals surface area (Å²) in [4.78, 5) is 0.367. The molecule has 6 rings (SSSR count). The molecule has 2 heterocycles. The number of nitrogens with zero attached hydrogens (tertiary/aromatic N) is 1. The molecule has 1 unspecified atom stereocenters. The predicted molar refractivity (Wildman–Crippen MR) is 177 cm³/mol. The van der Waals surface area contributed by atoms with E-state index < -0.39 is 42.9 Å². The summed E-state index contributed by atoms with van der Waals surface area (Å²) in [6.45, 7) is 1.43. The maximum atomic E-state index is 13.6. The van der Waals surface area contributed by atoms with Crippen molar-refractivity contribution >= 4 is 19.9 Å². The van der Waals surface area contributed by atoms with E-state index in [-0.39, 0.29) is 29.0 Å². The van der Waals surface area contributed by atoms with Gasteiger partial charge in [-0.1, -0.05) is 42.5 Å². The molecule has 0 bridgehead atoms. The van der Waals surface area contributed by atoms with E-state index in [4.69, 9.17) is 15.2 Å². The quantitative estimate of drug-likeness (QED) is 0.210. The standard InChI is InChI=1S/C34H43N3O8S2/c35-20-25-7-9-26(10-8-25)27-3-1-6-32(17-27)47(42,43)37-15-13-33(14-16-37)19-28(22-45-33)36-21-29(39)23-44-30-4-2-5-31(18-30)46(40,41)34(24-38)11-12-34/h1-10,17-18,28-29,36,38-39H,11-16,19-24,35H2/t28-,29?/m1/s1. The SMILES string of the molecule is NCc1ccc(-c2cccc(S(=O)(=O)N3CCC4(CC3)C[C@@H](NCC(O)COc3cccc(S(=O)(=O)C5(CO)CC5)c3)CO4)c2)cc1. The van der Waals surface area contributed by atoms with E-state index in [9.17, 15) is 27.0 Å². The Balaban J connectivity index is 0.974. The van der Waals surface area contributed by atoms with E-state index in [0.717, 1.165) is 16.7 Å². The fourth-order valence-electron chi connectivity index (χ4n) is 6.46. The van der Waals surface area contributed by atoms with Gasteiger partial charge in [0.25, 0.3) is 0 Å². The number of rotatable bonds is 13. The highest BCUT2D eigenvalue weighted by atomic mass is 32.2. The Bertz CT molecular complexity index is 1770. The number of nitrogens with one attached hydrogen (secondary N) is 1. The highest BCUT2D eigenvalue weighted by molar-refractivity contribution is 7.93. The summed E-state index contributed by atoms with van der Waals surface area (Å²) in [6, 6.07) is 21.0. The third-order valence-corrected chi connectivity index (χ3v) is 14.2. The van der Waals surface area contributed by atoms with Crippen LogP contribution in [-0.2, 0) is 31.1 Å². The third kappa shape index (κ3) is 7.13. The molecule has 2 atom stereocenters. The summed E-state index contributed by atoms with van der Waals surface area (Å²) in [5.74, 6) is 0.330. The van der Waals surface area contributed by atoms with Crippen molar-refractivity contribution in [1.29, 1.82) is 0 Å². The number of aliphatic hydroxyl groups excluding tert-OH is 2. The van der Waals surface area contributed by atoms with E-state index in [0.29, 0.717) is 64.1 Å². The first-order valence-electron chi connectivity index (χ1n) is 16.0. The lowest BCUT2D eigenvalue weighted by molar-refractivity contribution is -0.0312. The van der Waals surface area contributed by atoms with Crippen molar-refractivity contribution in [2.45, 2.75) is 70.9 Å². The van der Waals surface area contributed by atoms with Gasteiger partial charge in [-0.15, -0.1) is 0 Å². The van der Waals surface area contributed by atoms with Crippen LogP contribution < -0.4 is 15.8 Å². The number of sulfonamides is 1. The van der Waals surface area contributed by atoms with Crippen LogP contribution in [0.4, 0.5) is 0 Å². The molecule has 3 aromatic rings. The number of hydrogen-bond donors (Lipinski definition) is 4. The van der Waals surface area contributed by atoms with Gasteiger partial charge in [-0.3, -0.25) is 0 Å². The molecule has 254 valence electrons. The van der Waals surface area contributed by atoms with E-state index in [1.54, 1.807) is 30.3 Å². The minimum Gasteiger partial charge on any atom is -0.491 e. The van der Waals surface area contributed by atoms with E-state index in [1.165, 1.54) is 16.4 Å². The molecule has 1 spiro atoms. The van der Waals surface area contributed by atoms with Crippen LogP contribution in [0.5, 0.6) is 5.75 Å². The second kappa shape index (κ2) is 13.6. The first-order valence-corrected chi connectivity index (χ1v) is 18.9. The minimum absolute atomic E-state index is 0.00293. The first kappa shape index (κ1) is 34.0. The zero-order valence-corrected chi connectivity index (χ0v) is 27.9. The average Bonchev–Trinajstić information content (AvgIpc) is 3.83. The molecule has 3 aliphatic rings. The number of piperidine rings is 1. The van der Waals surface area contributed by atoms with Crippen molar-refractivity contribution in [2.75, 3.05) is 39.5 Å². The summed E-state index contributed by atoms with van der Waals surface area (Å²) in [6.07, 6.45) is 1.88. The van der Waals surface area contributed by atoms with Gasteiger partial charge in [0.15, 0.2) is 9.84 Å². The number of aliphatic hydroxyl groups is 2. The maximum absolute atomic E-state index is 13.6. The fourth-order valence-corrected chi connectivity index (χ4v) is 9.79. The van der Waals surface area contributed by atoms with Crippen LogP contribution in [0.3, 0.4) is 0 Å². The van der Waals surface area contributed by atoms with Crippen LogP contribution >= 0.6 is 0 Å². The van der Waals surface area contributed by atoms with Crippen LogP contribution in [-0.4, -0.2) is 93.3 Å². The molecule has 11 nitrogen and oxygen atoms in total. The Kier molecular flexibility index (Phi) is 9.81. The molecule has 1 saturated carbocycles. The van der Waals surface area contributed by atoms with Crippen LogP contribution in [0.2, 0.25) is 0 Å². The largest absolute Gasteiger partial charge is 0.491 e. The van der Waals surface area contributed by atoms with Gasteiger partial charge in [0.05, 0.1) is 33.4 Å². The zero-order chi connectivity index (χ0) is 33.3. The Morgan fingerprint density at radius 2 is 1.64 bits per heavy atom. The molecule has 13 heteroatoms. The Hall–Kier alpha value is -2.88. The second-order valence-corrected chi connectivity index (χ2v) is 17.2. The number of ether oxygens (including phenoxy) is 2. The Labute approximate surface area is 276 Å². The van der Waals surface area contributed by atoms with Gasteiger partial charge in [0, 0.05) is 32.2 Å². The van der Waals surface area contributed by atoms with Gasteiger partial charge in [-0.25, -0.2) is 16.8 Å². The number of nitrogens with two attached hydrogens (primary N) is 1. The van der Waals surface area contributed by atoms with Gasteiger partial charge in [0.2, 0.25) is 10.0 Å². The molecule has 3 aromatic carbocycles. The molecule has 5 N–H and O–H groups in total. The lowest BCUT2D eigenvalue weighted by Gasteiger charge is -2.38. The molecular formula is C34H43N3O8S2. The smallest absolute Gasteiger partial charge is 0.243 e. The molecular weight excluding hydrogens is 643 g/mol. The van der Waals surface area contributed by atoms with Crippen LogP contribution in [0.1, 0.15) is 37.7 Å². The highest BCUT2D eigenvalue weighted by Crippen LogP contribution is 2.46. The van der Waals surface area contributed by atoms with E-state index in [2.05, 4.69) is 5.32 Å². The van der Waals surface area contributed by atoms with Crippen molar-refractivity contribution in [3.63, 3.8) is 0 Å². The second-order valence-electron chi connectivity index (χ2n) is 12.9. The molecule has 0 amide bonds. The normalized spacial score (nSPS) is 21.5. The summed E-state index contributed by atoms with van der Waals surface area (Å²) >= 11 is 0. The highest BCUT2D eigenvalue weighted by Gasteiger charge is 2.54. The number of sulfone groups is 1. The topological polar surface area (TPSA) is 168 Å². The molecule has 3 fully saturated rings. The molecule has 1 aliphatic carbocycles. The van der Waals surface area contributed by atoms with Crippen LogP contribution in [0.15, 0.2) is 82.6 Å². The van der Waals surface area contributed by atoms with Gasteiger partial charge >= 0.3 is 0 Å². The lowest BCUT2D eigenvalue weighted by Crippen LogP contribution is -2.47. The minimum atomic E-state index is -3.68. The van der Waals surface area contributed by atoms with Crippen molar-refractivity contribution in [3.05, 3.63) is 78.4 Å². The molecule has 47 heavy (non-hydrogen) atoms. The van der Waals surface area contributed by atoms with Crippen LogP contribution in [0, 0.1) is 0 Å². The van der Waals surface area contributed by atoms with Crippen molar-refractivity contribution in [3.8, 4) is 16.9 Å². The maximum Gasteiger partial charge on any atom is 0.243 e. The summed E-state index contributed by atoms with van der Waals surface area (Å²) in [5, 5.41) is 23.5. The van der Waals surface area contributed by atoms with Gasteiger partial charge in [-0.05, 0) is 79.1 Å². The predicted octanol–water partition coefficient (Wildman–Crippen LogP) is 2.45. The monoisotopic (exact) mass is 685 g/mol. The molecule has 0 radical (unpaired) electrons. The Morgan fingerprint density at radius 3 is 2.32 bits per heavy atom. The summed E-state index contributed by atoms with van der Waals surface area (Å²) in [5.41, 5.74) is 8.05. The van der Waals surface area contributed by atoms with Crippen molar-refractivity contribution in [1.82, 2.24) is 9.62 Å².